The molecule has 0 aliphatic carbocycles. The molecule has 0 aliphatic heterocycles. The lowest BCUT2D eigenvalue weighted by Gasteiger charge is -2.18. The second-order valence-corrected chi connectivity index (χ2v) is 11.8. The first kappa shape index (κ1) is 19.4. The Labute approximate surface area is 283 Å². The van der Waals surface area contributed by atoms with Gasteiger partial charge in [0.2, 0.25) is 0 Å². The van der Waals surface area contributed by atoms with E-state index >= 15 is 0 Å². The average Bonchev–Trinajstić information content (AvgIpc) is 3.59. The molecule has 0 saturated carbocycles. The molecule has 0 radical (unpaired) electrons. The zero-order valence-corrected chi connectivity index (χ0v) is 25.0. The molecule has 0 fully saturated rings. The van der Waals surface area contributed by atoms with E-state index in [4.69, 9.17) is 9.90 Å². The van der Waals surface area contributed by atoms with E-state index in [9.17, 15) is 5.48 Å². The fraction of sp³-hybridized carbons (Fsp3) is 0. The van der Waals surface area contributed by atoms with Crippen LogP contribution in [0.5, 0.6) is 0 Å². The highest BCUT2D eigenvalue weighted by Gasteiger charge is 2.20. The topological polar surface area (TPSA) is 13.1 Å². The monoisotopic (exact) mass is 604 g/mol. The number of hydrogen-bond donors (Lipinski definition) is 0. The molecule has 0 bridgehead atoms. The quantitative estimate of drug-likeness (QED) is 0.183. The fourth-order valence-electron chi connectivity index (χ4n) is 7.20. The number of furan rings is 1. The zero-order chi connectivity index (χ0) is 37.9. The molecule has 47 heavy (non-hydrogen) atoms. The molecule has 10 aromatic rings. The van der Waals surface area contributed by atoms with E-state index in [0.29, 0.717) is 38.8 Å². The van der Waals surface area contributed by atoms with Crippen molar-refractivity contribution in [3.05, 3.63) is 170 Å². The number of benzene rings is 9. The van der Waals surface area contributed by atoms with Gasteiger partial charge in [0.05, 0.1) is 11.0 Å². The smallest absolute Gasteiger partial charge is 0.136 e. The van der Waals surface area contributed by atoms with Crippen LogP contribution in [0.2, 0.25) is 0 Å². The summed E-state index contributed by atoms with van der Waals surface area (Å²) in [5, 5.41) is 6.28. The first-order chi connectivity index (χ1) is 26.6. The predicted molar refractivity (Wildman–Crippen MR) is 200 cm³/mol. The second kappa shape index (κ2) is 10.2. The van der Waals surface area contributed by atoms with Gasteiger partial charge >= 0.3 is 0 Å². The van der Waals surface area contributed by atoms with Crippen molar-refractivity contribution >= 4 is 65.0 Å². The van der Waals surface area contributed by atoms with Gasteiger partial charge in [-0.1, -0.05) is 151 Å². The van der Waals surface area contributed by atoms with Crippen molar-refractivity contribution in [1.29, 1.82) is 0 Å². The van der Waals surface area contributed by atoms with Crippen molar-refractivity contribution in [2.24, 2.45) is 0 Å². The van der Waals surface area contributed by atoms with Gasteiger partial charge in [-0.25, -0.2) is 0 Å². The van der Waals surface area contributed by atoms with Crippen LogP contribution in [-0.2, 0) is 0 Å². The standard InChI is InChI=1S/C46H28O/c1-2-13-33-28-43-41(27-32(33)12-1)46-40(21-10-22-42(46)47-43)45-38-18-7-5-16-36(38)44(37-17-6-8-19-39(37)45)31-25-23-30(24-26-31)35-20-9-14-29-11-3-4-15-34(29)35/h1-28H/i5D,6D,7D,8D,16D,17D,18D,19D. The maximum absolute atomic E-state index is 9.43. The summed E-state index contributed by atoms with van der Waals surface area (Å²) >= 11 is 0. The minimum absolute atomic E-state index is 0.166. The highest BCUT2D eigenvalue weighted by Crippen LogP contribution is 2.47. The van der Waals surface area contributed by atoms with Crippen LogP contribution < -0.4 is 0 Å². The summed E-state index contributed by atoms with van der Waals surface area (Å²) in [6, 6.07) is 36.3. The molecule has 1 nitrogen and oxygen atoms in total. The van der Waals surface area contributed by atoms with Crippen LogP contribution in [0, 0.1) is 0 Å². The molecule has 0 saturated heterocycles. The van der Waals surface area contributed by atoms with E-state index in [1.54, 1.807) is 6.07 Å². The van der Waals surface area contributed by atoms with Crippen LogP contribution in [0.15, 0.2) is 174 Å². The highest BCUT2D eigenvalue weighted by atomic mass is 16.3. The summed E-state index contributed by atoms with van der Waals surface area (Å²) in [6.07, 6.45) is 0. The van der Waals surface area contributed by atoms with E-state index in [-0.39, 0.29) is 45.7 Å². The van der Waals surface area contributed by atoms with E-state index in [0.717, 1.165) is 38.1 Å². The van der Waals surface area contributed by atoms with E-state index in [2.05, 4.69) is 18.2 Å². The molecule has 1 heteroatoms. The van der Waals surface area contributed by atoms with Crippen molar-refractivity contribution in [1.82, 2.24) is 0 Å². The third-order valence-corrected chi connectivity index (χ3v) is 9.28. The molecule has 1 aromatic heterocycles. The maximum Gasteiger partial charge on any atom is 0.136 e. The Balaban J connectivity index is 1.38. The van der Waals surface area contributed by atoms with Crippen molar-refractivity contribution < 1.29 is 15.4 Å². The lowest BCUT2D eigenvalue weighted by Crippen LogP contribution is -1.91. The Bertz CT molecular complexity index is 3210. The minimum Gasteiger partial charge on any atom is -0.456 e. The van der Waals surface area contributed by atoms with Crippen LogP contribution >= 0.6 is 0 Å². The first-order valence-electron chi connectivity index (χ1n) is 19.5. The molecule has 0 N–H and O–H groups in total. The van der Waals surface area contributed by atoms with Crippen LogP contribution in [0.25, 0.3) is 98.4 Å². The molecule has 218 valence electrons. The Morgan fingerprint density at radius 3 is 1.66 bits per heavy atom. The molecule has 10 rings (SSSR count). The predicted octanol–water partition coefficient (Wildman–Crippen LogP) is 13.2. The first-order valence-corrected chi connectivity index (χ1v) is 15.5. The minimum atomic E-state index is -0.439. The third-order valence-electron chi connectivity index (χ3n) is 9.28. The molecule has 0 atom stereocenters. The van der Waals surface area contributed by atoms with Crippen molar-refractivity contribution in [2.45, 2.75) is 0 Å². The van der Waals surface area contributed by atoms with Crippen LogP contribution in [0.4, 0.5) is 0 Å². The summed E-state index contributed by atoms with van der Waals surface area (Å²) in [6.45, 7) is 0. The Hall–Kier alpha value is -6.18. The SMILES string of the molecule is [2H]c1c([2H])c([2H])c2c(-c3cccc4oc5cc6ccccc6cc5c34)c3c([2H])c([2H])c([2H])c([2H])c3c(-c3ccc(-c4cccc5ccccc45)cc3)c2c1[2H]. The molecule has 0 amide bonds. The number of hydrogen-bond acceptors (Lipinski definition) is 1. The van der Waals surface area contributed by atoms with E-state index < -0.39 is 24.2 Å². The zero-order valence-electron chi connectivity index (χ0n) is 33.0. The normalized spacial score (nSPS) is 14.2. The third kappa shape index (κ3) is 3.97. The van der Waals surface area contributed by atoms with Crippen molar-refractivity contribution in [3.63, 3.8) is 0 Å². The summed E-state index contributed by atoms with van der Waals surface area (Å²) in [4.78, 5) is 0. The van der Waals surface area contributed by atoms with Gasteiger partial charge in [-0.15, -0.1) is 0 Å². The van der Waals surface area contributed by atoms with Gasteiger partial charge in [-0.2, -0.15) is 0 Å². The largest absolute Gasteiger partial charge is 0.456 e. The molecule has 0 spiro atoms. The number of fused-ring (bicyclic) bond motifs is 7. The summed E-state index contributed by atoms with van der Waals surface area (Å²) in [7, 11) is 0. The average molecular weight is 605 g/mol. The maximum atomic E-state index is 9.43. The lowest BCUT2D eigenvalue weighted by molar-refractivity contribution is 0.669. The molecule has 0 unspecified atom stereocenters. The molecule has 0 aliphatic rings. The van der Waals surface area contributed by atoms with Gasteiger partial charge in [0.15, 0.2) is 0 Å². The molecule has 1 heterocycles. The van der Waals surface area contributed by atoms with Gasteiger partial charge in [-0.05, 0) is 94.7 Å². The summed E-state index contributed by atoms with van der Waals surface area (Å²) in [5.41, 5.74) is 4.82. The highest BCUT2D eigenvalue weighted by molar-refractivity contribution is 6.26. The summed E-state index contributed by atoms with van der Waals surface area (Å²) < 4.78 is 79.4. The molecule has 9 aromatic carbocycles. The lowest BCUT2D eigenvalue weighted by atomic mass is 9.84. The van der Waals surface area contributed by atoms with Gasteiger partial charge < -0.3 is 4.42 Å². The van der Waals surface area contributed by atoms with Crippen LogP contribution in [0.3, 0.4) is 0 Å². The Kier molecular flexibility index (Phi) is 4.19. The molecular formula is C46H28O. The Morgan fingerprint density at radius 1 is 0.383 bits per heavy atom. The fourth-order valence-corrected chi connectivity index (χ4v) is 7.20. The van der Waals surface area contributed by atoms with E-state index in [1.807, 2.05) is 97.1 Å². The second-order valence-electron chi connectivity index (χ2n) is 11.8. The van der Waals surface area contributed by atoms with Crippen LogP contribution in [0.1, 0.15) is 11.0 Å². The van der Waals surface area contributed by atoms with E-state index in [1.165, 1.54) is 0 Å². The van der Waals surface area contributed by atoms with Gasteiger partial charge in [0.25, 0.3) is 0 Å². The van der Waals surface area contributed by atoms with Crippen LogP contribution in [-0.4, -0.2) is 0 Å². The number of rotatable bonds is 3. The van der Waals surface area contributed by atoms with Crippen molar-refractivity contribution in [3.8, 4) is 33.4 Å². The Morgan fingerprint density at radius 2 is 0.936 bits per heavy atom. The van der Waals surface area contributed by atoms with Gasteiger partial charge in [0, 0.05) is 10.8 Å². The van der Waals surface area contributed by atoms with Gasteiger partial charge in [-0.3, -0.25) is 0 Å². The molecular weight excluding hydrogens is 569 g/mol. The van der Waals surface area contributed by atoms with Crippen molar-refractivity contribution in [2.75, 3.05) is 0 Å². The summed E-state index contributed by atoms with van der Waals surface area (Å²) in [5.74, 6) is 0. The van der Waals surface area contributed by atoms with Gasteiger partial charge in [0.1, 0.15) is 11.2 Å².